The van der Waals surface area contributed by atoms with E-state index in [-0.39, 0.29) is 6.42 Å². The van der Waals surface area contributed by atoms with Crippen LogP contribution in [0, 0.1) is 0 Å². The van der Waals surface area contributed by atoms with Crippen LogP contribution in [0.1, 0.15) is 13.3 Å². The number of carbonyl (C=O) groups excluding carboxylic acids is 1. The molecule has 0 aliphatic heterocycles. The average Bonchev–Trinajstić information content (AvgIpc) is 1.83. The maximum atomic E-state index is 10.1. The Balaban J connectivity index is 3.39. The Hall–Kier alpha value is -1.15. The zero-order valence-electron chi connectivity index (χ0n) is 4.50. The average molecular weight is 114 g/mol. The minimum absolute atomic E-state index is 0.284. The Labute approximate surface area is 46.7 Å². The molecule has 0 aromatic carbocycles. The first-order valence-electron chi connectivity index (χ1n) is 2.16. The van der Waals surface area contributed by atoms with Crippen LogP contribution >= 0.6 is 0 Å². The number of nitrogens with zero attached hydrogens (tertiary/aromatic N) is 2. The monoisotopic (exact) mass is 114 g/mol. The second-order valence-corrected chi connectivity index (χ2v) is 1.06. The van der Waals surface area contributed by atoms with Gasteiger partial charge in [0.2, 0.25) is 0 Å². The van der Waals surface area contributed by atoms with Gasteiger partial charge in [0, 0.05) is 6.42 Å². The Morgan fingerprint density at radius 1 is 2.00 bits per heavy atom. The summed E-state index contributed by atoms with van der Waals surface area (Å²) in [5.74, 6) is -0.414. The summed E-state index contributed by atoms with van der Waals surface area (Å²) in [6, 6.07) is 0. The van der Waals surface area contributed by atoms with Crippen molar-refractivity contribution in [1.82, 2.24) is 0 Å². The highest BCUT2D eigenvalue weighted by atomic mass is 16.5. The highest BCUT2D eigenvalue weighted by molar-refractivity contribution is 5.75. The van der Waals surface area contributed by atoms with Gasteiger partial charge in [-0.3, -0.25) is 4.79 Å². The minimum atomic E-state index is -0.414. The molecule has 0 aromatic rings. The van der Waals surface area contributed by atoms with Crippen molar-refractivity contribution in [2.75, 3.05) is 0 Å². The van der Waals surface area contributed by atoms with Crippen molar-refractivity contribution in [3.63, 3.8) is 0 Å². The lowest BCUT2D eigenvalue weighted by Crippen LogP contribution is -1.99. The van der Waals surface area contributed by atoms with Crippen molar-refractivity contribution in [3.8, 4) is 0 Å². The molecule has 0 saturated heterocycles. The highest BCUT2D eigenvalue weighted by Gasteiger charge is 1.94. The van der Waals surface area contributed by atoms with Crippen LogP contribution in [0.4, 0.5) is 0 Å². The number of hydrogen-bond donors (Lipinski definition) is 0. The minimum Gasteiger partial charge on any atom is -0.364 e. The number of rotatable bonds is 2. The molecule has 0 aliphatic carbocycles. The van der Waals surface area contributed by atoms with E-state index in [0.717, 1.165) is 0 Å². The van der Waals surface area contributed by atoms with E-state index in [1.54, 1.807) is 6.92 Å². The third-order valence-corrected chi connectivity index (χ3v) is 0.520. The van der Waals surface area contributed by atoms with E-state index in [1.807, 2.05) is 0 Å². The molecule has 0 heterocycles. The van der Waals surface area contributed by atoms with Gasteiger partial charge in [0.25, 0.3) is 0 Å². The molecule has 0 aromatic heterocycles. The zero-order chi connectivity index (χ0) is 6.41. The van der Waals surface area contributed by atoms with Gasteiger partial charge in [-0.05, 0) is 0 Å². The van der Waals surface area contributed by atoms with Crippen LogP contribution in [0.15, 0.2) is 0 Å². The smallest absolute Gasteiger partial charge is 0.364 e. The van der Waals surface area contributed by atoms with E-state index in [9.17, 15) is 4.79 Å². The van der Waals surface area contributed by atoms with Crippen LogP contribution in [-0.4, -0.2) is 17.2 Å². The second kappa shape index (κ2) is 4.02. The van der Waals surface area contributed by atoms with Crippen molar-refractivity contribution in [3.05, 3.63) is 5.53 Å². The van der Waals surface area contributed by atoms with Gasteiger partial charge in [0.15, 0.2) is 0 Å². The Kier molecular flexibility index (Phi) is 3.44. The standard InChI is InChI=1S/C4H6N2O2/c1-2-4(7)8-3-6-5/h3H,2H2,1H3. The number of hydrogen-bond acceptors (Lipinski definition) is 2. The lowest BCUT2D eigenvalue weighted by Gasteiger charge is -1.83. The highest BCUT2D eigenvalue weighted by Crippen LogP contribution is 1.77. The van der Waals surface area contributed by atoms with Gasteiger partial charge in [-0.15, -0.1) is 4.79 Å². The summed E-state index contributed by atoms with van der Waals surface area (Å²) in [5.41, 5.74) is 7.70. The van der Waals surface area contributed by atoms with Gasteiger partial charge in [0.05, 0.1) is 0 Å². The third-order valence-electron chi connectivity index (χ3n) is 0.520. The van der Waals surface area contributed by atoms with Crippen LogP contribution in [0.5, 0.6) is 0 Å². The third kappa shape index (κ3) is 3.06. The Morgan fingerprint density at radius 3 is 3.00 bits per heavy atom. The van der Waals surface area contributed by atoms with Crippen LogP contribution in [0.2, 0.25) is 0 Å². The Morgan fingerprint density at radius 2 is 2.62 bits per heavy atom. The summed E-state index contributed by atoms with van der Waals surface area (Å²) in [6.45, 7) is 1.65. The van der Waals surface area contributed by atoms with E-state index >= 15 is 0 Å². The summed E-state index contributed by atoms with van der Waals surface area (Å²) in [7, 11) is 0. The predicted molar refractivity (Wildman–Crippen MR) is 26.1 cm³/mol. The largest absolute Gasteiger partial charge is 0.446 e. The summed E-state index contributed by atoms with van der Waals surface area (Å²) >= 11 is 0. The lowest BCUT2D eigenvalue weighted by molar-refractivity contribution is -0.138. The first kappa shape index (κ1) is 6.85. The van der Waals surface area contributed by atoms with Crippen molar-refractivity contribution in [2.24, 2.45) is 0 Å². The lowest BCUT2D eigenvalue weighted by atomic mass is 10.5. The van der Waals surface area contributed by atoms with Gasteiger partial charge < -0.3 is 10.3 Å². The van der Waals surface area contributed by atoms with E-state index in [4.69, 9.17) is 5.53 Å². The van der Waals surface area contributed by atoms with Crippen LogP contribution < -0.4 is 0 Å². The molecule has 0 rings (SSSR count). The molecule has 0 fully saturated rings. The van der Waals surface area contributed by atoms with Gasteiger partial charge >= 0.3 is 12.4 Å². The van der Waals surface area contributed by atoms with Crippen molar-refractivity contribution in [1.29, 1.82) is 0 Å². The molecule has 0 aliphatic rings. The molecular formula is C4H6N2O2. The van der Waals surface area contributed by atoms with Gasteiger partial charge in [-0.25, -0.2) is 0 Å². The number of ether oxygens (including phenoxy) is 1. The summed E-state index contributed by atoms with van der Waals surface area (Å²) < 4.78 is 4.16. The molecule has 8 heavy (non-hydrogen) atoms. The predicted octanol–water partition coefficient (Wildman–Crippen LogP) is 0.198. The van der Waals surface area contributed by atoms with E-state index in [1.165, 1.54) is 0 Å². The maximum Gasteiger partial charge on any atom is 0.446 e. The fraction of sp³-hybridized carbons (Fsp3) is 0.500. The van der Waals surface area contributed by atoms with Gasteiger partial charge in [-0.2, -0.15) is 0 Å². The first-order valence-corrected chi connectivity index (χ1v) is 2.16. The quantitative estimate of drug-likeness (QED) is 0.169. The first-order chi connectivity index (χ1) is 3.81. The van der Waals surface area contributed by atoms with E-state index < -0.39 is 5.97 Å². The zero-order valence-corrected chi connectivity index (χ0v) is 4.50. The van der Waals surface area contributed by atoms with Gasteiger partial charge in [-0.1, -0.05) is 6.92 Å². The Bertz CT molecular complexity index is 126. The molecule has 0 bridgehead atoms. The normalized spacial score (nSPS) is 7.12. The fourth-order valence-electron chi connectivity index (χ4n) is 0.166. The molecule has 0 N–H and O–H groups in total. The molecule has 44 valence electrons. The molecule has 0 amide bonds. The van der Waals surface area contributed by atoms with Crippen LogP contribution in [-0.2, 0) is 9.53 Å². The SMILES string of the molecule is CCC(=O)OC=[N+]=[N-]. The summed E-state index contributed by atoms with van der Waals surface area (Å²) in [5, 5.41) is 0. The summed E-state index contributed by atoms with van der Waals surface area (Å²) in [4.78, 5) is 12.6. The van der Waals surface area contributed by atoms with E-state index in [2.05, 4.69) is 9.53 Å². The van der Waals surface area contributed by atoms with Crippen LogP contribution in [0.25, 0.3) is 5.53 Å². The number of esters is 1. The molecule has 0 spiro atoms. The van der Waals surface area contributed by atoms with Crippen molar-refractivity contribution >= 4 is 12.4 Å². The van der Waals surface area contributed by atoms with Crippen molar-refractivity contribution in [2.45, 2.75) is 13.3 Å². The van der Waals surface area contributed by atoms with Gasteiger partial charge in [0.1, 0.15) is 0 Å². The maximum absolute atomic E-state index is 10.1. The van der Waals surface area contributed by atoms with E-state index in [0.29, 0.717) is 6.40 Å². The number of carbonyl (C=O) groups is 1. The molecule has 0 unspecified atom stereocenters. The molecule has 0 saturated carbocycles. The second-order valence-electron chi connectivity index (χ2n) is 1.06. The molecule has 4 nitrogen and oxygen atoms in total. The molecule has 0 atom stereocenters. The van der Waals surface area contributed by atoms with Crippen LogP contribution in [0.3, 0.4) is 0 Å². The van der Waals surface area contributed by atoms with Crippen molar-refractivity contribution < 1.29 is 14.3 Å². The molecular weight excluding hydrogens is 108 g/mol. The fourth-order valence-corrected chi connectivity index (χ4v) is 0.166. The molecule has 4 heteroatoms. The molecule has 0 radical (unpaired) electrons. The summed E-state index contributed by atoms with van der Waals surface area (Å²) in [6.07, 6.45) is 0.970. The topological polar surface area (TPSA) is 62.7 Å².